The van der Waals surface area contributed by atoms with Crippen LogP contribution in [0.15, 0.2) is 66.9 Å². The first-order valence-corrected chi connectivity index (χ1v) is 9.10. The van der Waals surface area contributed by atoms with E-state index >= 15 is 0 Å². The highest BCUT2D eigenvalue weighted by Crippen LogP contribution is 2.31. The number of nitrogens with two attached hydrogens (primary N) is 1. The van der Waals surface area contributed by atoms with Gasteiger partial charge in [0.15, 0.2) is 0 Å². The second-order valence-corrected chi connectivity index (χ2v) is 6.78. The van der Waals surface area contributed by atoms with Crippen molar-refractivity contribution in [2.45, 2.75) is 0 Å². The van der Waals surface area contributed by atoms with Crippen molar-refractivity contribution in [1.82, 2.24) is 15.2 Å². The van der Waals surface area contributed by atoms with Gasteiger partial charge in [-0.1, -0.05) is 23.5 Å². The quantitative estimate of drug-likeness (QED) is 0.530. The molecule has 3 N–H and O–H groups in total. The van der Waals surface area contributed by atoms with Crippen LogP contribution in [-0.4, -0.2) is 22.3 Å². The average molecular weight is 375 g/mol. The molecule has 0 radical (unpaired) electrons. The summed E-state index contributed by atoms with van der Waals surface area (Å²) in [4.78, 5) is 4.50. The van der Waals surface area contributed by atoms with E-state index in [0.717, 1.165) is 39.0 Å². The van der Waals surface area contributed by atoms with Crippen LogP contribution >= 0.6 is 11.3 Å². The first-order chi connectivity index (χ1) is 13.2. The van der Waals surface area contributed by atoms with Crippen LogP contribution in [0.5, 0.6) is 5.75 Å². The van der Waals surface area contributed by atoms with E-state index in [4.69, 9.17) is 10.5 Å². The summed E-state index contributed by atoms with van der Waals surface area (Å²) in [5.74, 6) is 1.61. The molecule has 0 aliphatic carbocycles. The van der Waals surface area contributed by atoms with Crippen molar-refractivity contribution in [3.63, 3.8) is 0 Å². The monoisotopic (exact) mass is 375 g/mol. The summed E-state index contributed by atoms with van der Waals surface area (Å²) in [6.07, 6.45) is 1.77. The number of nitrogens with one attached hydrogen (secondary N) is 1. The largest absolute Gasteiger partial charge is 0.497 e. The predicted molar refractivity (Wildman–Crippen MR) is 109 cm³/mol. The zero-order valence-electron chi connectivity index (χ0n) is 14.6. The van der Waals surface area contributed by atoms with E-state index in [1.165, 1.54) is 11.3 Å². The number of rotatable bonds is 5. The molecule has 0 aliphatic heterocycles. The minimum atomic E-state index is 0.463. The highest BCUT2D eigenvalue weighted by Gasteiger charge is 2.08. The number of nitrogen functional groups attached to an aromatic ring is 1. The van der Waals surface area contributed by atoms with E-state index in [1.807, 2.05) is 60.7 Å². The lowest BCUT2D eigenvalue weighted by molar-refractivity contribution is 0.415. The summed E-state index contributed by atoms with van der Waals surface area (Å²) < 4.78 is 5.23. The molecular formula is C20H17N5OS. The molecule has 2 aromatic heterocycles. The van der Waals surface area contributed by atoms with Gasteiger partial charge < -0.3 is 15.8 Å². The van der Waals surface area contributed by atoms with Crippen LogP contribution in [0, 0.1) is 0 Å². The number of hydrogen-bond acceptors (Lipinski definition) is 7. The standard InChI is InChI=1S/C20H17N5OS/c1-26-16-10-6-13(7-11-16)17-3-2-12-22-18(17)23-15-8-4-14(5-9-15)19-24-25-20(21)27-19/h2-12H,1H3,(H2,21,25)(H,22,23). The van der Waals surface area contributed by atoms with Crippen molar-refractivity contribution < 1.29 is 4.74 Å². The summed E-state index contributed by atoms with van der Waals surface area (Å²) in [6.45, 7) is 0. The van der Waals surface area contributed by atoms with Crippen molar-refractivity contribution >= 4 is 28.0 Å². The molecule has 4 rings (SSSR count). The Morgan fingerprint density at radius 2 is 1.67 bits per heavy atom. The average Bonchev–Trinajstić information content (AvgIpc) is 3.15. The number of anilines is 3. The molecule has 27 heavy (non-hydrogen) atoms. The highest BCUT2D eigenvalue weighted by molar-refractivity contribution is 7.18. The van der Waals surface area contributed by atoms with Crippen LogP contribution in [0.25, 0.3) is 21.7 Å². The molecule has 0 unspecified atom stereocenters. The van der Waals surface area contributed by atoms with Crippen LogP contribution in [0.2, 0.25) is 0 Å². The van der Waals surface area contributed by atoms with Gasteiger partial charge in [-0.25, -0.2) is 4.98 Å². The highest BCUT2D eigenvalue weighted by atomic mass is 32.1. The van der Waals surface area contributed by atoms with Crippen molar-refractivity contribution in [2.75, 3.05) is 18.2 Å². The van der Waals surface area contributed by atoms with Gasteiger partial charge in [0.25, 0.3) is 0 Å². The van der Waals surface area contributed by atoms with Gasteiger partial charge in [-0.05, 0) is 54.1 Å². The van der Waals surface area contributed by atoms with Gasteiger partial charge in [-0.2, -0.15) is 0 Å². The van der Waals surface area contributed by atoms with Gasteiger partial charge in [-0.3, -0.25) is 0 Å². The van der Waals surface area contributed by atoms with Gasteiger partial charge in [-0.15, -0.1) is 10.2 Å². The summed E-state index contributed by atoms with van der Waals surface area (Å²) in [7, 11) is 1.66. The third kappa shape index (κ3) is 3.73. The summed E-state index contributed by atoms with van der Waals surface area (Å²) >= 11 is 1.37. The van der Waals surface area contributed by atoms with Crippen molar-refractivity contribution in [3.05, 3.63) is 66.9 Å². The molecule has 134 valence electrons. The van der Waals surface area contributed by atoms with Crippen LogP contribution in [0.3, 0.4) is 0 Å². The normalized spacial score (nSPS) is 10.6. The smallest absolute Gasteiger partial charge is 0.203 e. The molecule has 0 aliphatic rings. The van der Waals surface area contributed by atoms with Gasteiger partial charge >= 0.3 is 0 Å². The zero-order valence-corrected chi connectivity index (χ0v) is 15.4. The second-order valence-electron chi connectivity index (χ2n) is 5.78. The van der Waals surface area contributed by atoms with E-state index in [9.17, 15) is 0 Å². The van der Waals surface area contributed by atoms with Gasteiger partial charge in [0.2, 0.25) is 5.13 Å². The maximum Gasteiger partial charge on any atom is 0.203 e. The Kier molecular flexibility index (Phi) is 4.67. The lowest BCUT2D eigenvalue weighted by Crippen LogP contribution is -1.96. The second kappa shape index (κ2) is 7.43. The predicted octanol–water partition coefficient (Wildman–Crippen LogP) is 4.60. The number of aromatic nitrogens is 3. The molecule has 0 spiro atoms. The molecule has 0 amide bonds. The fourth-order valence-corrected chi connectivity index (χ4v) is 3.31. The molecule has 7 heteroatoms. The summed E-state index contributed by atoms with van der Waals surface area (Å²) in [6, 6.07) is 19.8. The molecular weight excluding hydrogens is 358 g/mol. The van der Waals surface area contributed by atoms with Gasteiger partial charge in [0.05, 0.1) is 7.11 Å². The molecule has 0 bridgehead atoms. The Labute approximate surface area is 160 Å². The number of ether oxygens (including phenoxy) is 1. The van der Waals surface area contributed by atoms with Gasteiger partial charge in [0.1, 0.15) is 16.6 Å². The Hall–Kier alpha value is -3.45. The lowest BCUT2D eigenvalue weighted by Gasteiger charge is -2.12. The third-order valence-corrected chi connectivity index (χ3v) is 4.85. The number of hydrogen-bond donors (Lipinski definition) is 2. The molecule has 2 aromatic carbocycles. The number of pyridine rings is 1. The lowest BCUT2D eigenvalue weighted by atomic mass is 10.1. The van der Waals surface area contributed by atoms with E-state index in [-0.39, 0.29) is 0 Å². The fourth-order valence-electron chi connectivity index (χ4n) is 2.69. The zero-order chi connectivity index (χ0) is 18.6. The maximum absolute atomic E-state index is 5.65. The number of methoxy groups -OCH3 is 1. The van der Waals surface area contributed by atoms with Crippen LogP contribution in [-0.2, 0) is 0 Å². The SMILES string of the molecule is COc1ccc(-c2cccnc2Nc2ccc(-c3nnc(N)s3)cc2)cc1. The van der Waals surface area contributed by atoms with Gasteiger partial charge in [0, 0.05) is 23.0 Å². The molecule has 0 fully saturated rings. The van der Waals surface area contributed by atoms with E-state index in [0.29, 0.717) is 5.13 Å². The minimum absolute atomic E-state index is 0.463. The van der Waals surface area contributed by atoms with Crippen LogP contribution in [0.1, 0.15) is 0 Å². The molecule has 0 saturated heterocycles. The Bertz CT molecular complexity index is 1040. The molecule has 0 atom stereocenters. The minimum Gasteiger partial charge on any atom is -0.497 e. The molecule has 6 nitrogen and oxygen atoms in total. The number of nitrogens with zero attached hydrogens (tertiary/aromatic N) is 3. The number of benzene rings is 2. The van der Waals surface area contributed by atoms with Crippen molar-refractivity contribution in [2.24, 2.45) is 0 Å². The first-order valence-electron chi connectivity index (χ1n) is 8.29. The van der Waals surface area contributed by atoms with Crippen molar-refractivity contribution in [1.29, 1.82) is 0 Å². The fraction of sp³-hybridized carbons (Fsp3) is 0.0500. The van der Waals surface area contributed by atoms with E-state index in [2.05, 4.69) is 20.5 Å². The topological polar surface area (TPSA) is 86.0 Å². The molecule has 2 heterocycles. The Morgan fingerprint density at radius 1 is 0.926 bits per heavy atom. The third-order valence-electron chi connectivity index (χ3n) is 4.04. The van der Waals surface area contributed by atoms with E-state index in [1.54, 1.807) is 13.3 Å². The molecule has 0 saturated carbocycles. The summed E-state index contributed by atoms with van der Waals surface area (Å²) in [5.41, 5.74) is 9.64. The summed E-state index contributed by atoms with van der Waals surface area (Å²) in [5, 5.41) is 12.6. The van der Waals surface area contributed by atoms with Crippen molar-refractivity contribution in [3.8, 4) is 27.4 Å². The van der Waals surface area contributed by atoms with E-state index < -0.39 is 0 Å². The first kappa shape index (κ1) is 17.0. The van der Waals surface area contributed by atoms with Crippen LogP contribution < -0.4 is 15.8 Å². The van der Waals surface area contributed by atoms with Crippen LogP contribution in [0.4, 0.5) is 16.6 Å². The Balaban J connectivity index is 1.59. The molecule has 4 aromatic rings. The Morgan fingerprint density at radius 3 is 2.33 bits per heavy atom. The maximum atomic E-state index is 5.65.